The summed E-state index contributed by atoms with van der Waals surface area (Å²) in [5, 5.41) is 34.6. The number of nitrogens with zero attached hydrogens (tertiary/aromatic N) is 9. The molecule has 608 valence electrons. The van der Waals surface area contributed by atoms with Gasteiger partial charge < -0.3 is 84.9 Å². The monoisotopic (exact) mass is 1700 g/mol. The van der Waals surface area contributed by atoms with E-state index in [-0.39, 0.29) is 119 Å². The molecule has 6 heterocycles. The lowest BCUT2D eigenvalue weighted by atomic mass is 10.0. The normalized spacial score (nSPS) is 20.9. The summed E-state index contributed by atoms with van der Waals surface area (Å²) in [6.45, 7) is 8.23. The molecule has 6 saturated heterocycles. The molecule has 0 unspecified atom stereocenters. The molecule has 6 aliphatic rings. The summed E-state index contributed by atoms with van der Waals surface area (Å²) in [5.74, 6) is -5.25. The number of carboxylic acids is 3. The number of halogens is 6. The van der Waals surface area contributed by atoms with Crippen molar-refractivity contribution < 1.29 is 90.6 Å². The fourth-order valence-corrected chi connectivity index (χ4v) is 15.6. The Labute approximate surface area is 674 Å². The molecule has 6 aliphatic heterocycles. The van der Waals surface area contributed by atoms with Gasteiger partial charge in [-0.15, -0.1) is 0 Å². The summed E-state index contributed by atoms with van der Waals surface area (Å²) in [4.78, 5) is 140. The maximum absolute atomic E-state index is 13.6. The van der Waals surface area contributed by atoms with Gasteiger partial charge in [0.05, 0.1) is 126 Å². The Hall–Kier alpha value is -7.06. The maximum Gasteiger partial charge on any atom is 0.409 e. The number of hydrogen-bond acceptors (Lipinski definition) is 21. The van der Waals surface area contributed by atoms with Gasteiger partial charge in [-0.25, -0.2) is 32.3 Å². The topological polar surface area (TPSA) is 394 Å². The van der Waals surface area contributed by atoms with E-state index >= 15 is 0 Å². The molecular weight excluding hydrogens is 1600 g/mol. The van der Waals surface area contributed by atoms with Gasteiger partial charge in [0.25, 0.3) is 0 Å². The van der Waals surface area contributed by atoms with Crippen LogP contribution in [0.2, 0.25) is 30.1 Å². The van der Waals surface area contributed by atoms with Gasteiger partial charge in [-0.2, -0.15) is 0 Å². The summed E-state index contributed by atoms with van der Waals surface area (Å²) in [6.07, 6.45) is 4.83. The first kappa shape index (κ1) is 90.1. The van der Waals surface area contributed by atoms with Crippen LogP contribution in [0.1, 0.15) is 68.1 Å². The van der Waals surface area contributed by atoms with E-state index in [2.05, 4.69) is 30.1 Å². The van der Waals surface area contributed by atoms with Gasteiger partial charge in [0.1, 0.15) is 18.7 Å². The van der Waals surface area contributed by atoms with Gasteiger partial charge in [0.2, 0.25) is 27.7 Å². The number of sulfonamides is 1. The van der Waals surface area contributed by atoms with Crippen molar-refractivity contribution in [2.45, 2.75) is 119 Å². The average Bonchev–Trinajstić information content (AvgIpc) is 1.26. The summed E-state index contributed by atoms with van der Waals surface area (Å²) in [5.41, 5.74) is 7.73. The first-order valence-corrected chi connectivity index (χ1v) is 40.2. The zero-order valence-corrected chi connectivity index (χ0v) is 67.5. The highest BCUT2D eigenvalue weighted by molar-refractivity contribution is 7.88. The molecule has 6 amide bonds. The number of methoxy groups -OCH3 is 3. The molecule has 8 N–H and O–H groups in total. The molecule has 9 rings (SSSR count). The number of rotatable bonds is 26. The Morgan fingerprint density at radius 2 is 0.818 bits per heavy atom. The van der Waals surface area contributed by atoms with E-state index in [9.17, 15) is 61.5 Å². The number of carboxylic acid groups (broad SMARTS) is 3. The first-order chi connectivity index (χ1) is 52.1. The minimum atomic E-state index is -3.47. The van der Waals surface area contributed by atoms with Gasteiger partial charge in [-0.3, -0.25) is 38.6 Å². The number of carbonyl (C=O) groups is 10. The lowest BCUT2D eigenvalue weighted by Gasteiger charge is -2.46. The molecule has 0 radical (unpaired) electrons. The Morgan fingerprint density at radius 1 is 0.491 bits per heavy atom. The second-order valence-electron chi connectivity index (χ2n) is 27.5. The lowest BCUT2D eigenvalue weighted by Crippen LogP contribution is -2.66. The van der Waals surface area contributed by atoms with Crippen molar-refractivity contribution in [1.82, 2.24) is 59.5 Å². The third-order valence-corrected chi connectivity index (χ3v) is 22.6. The van der Waals surface area contributed by atoms with Crippen LogP contribution in [0.25, 0.3) is 0 Å². The Bertz CT molecular complexity index is 3870. The van der Waals surface area contributed by atoms with E-state index in [0.29, 0.717) is 60.9 Å². The van der Waals surface area contributed by atoms with Crippen LogP contribution in [-0.2, 0) is 81.8 Å². The summed E-state index contributed by atoms with van der Waals surface area (Å²) < 4.78 is 46.0. The predicted molar refractivity (Wildman–Crippen MR) is 414 cm³/mol. The fourth-order valence-electron chi connectivity index (χ4n) is 13.9. The van der Waals surface area contributed by atoms with Crippen LogP contribution < -0.4 is 21.1 Å². The van der Waals surface area contributed by atoms with Gasteiger partial charge in [-0.1, -0.05) is 87.8 Å². The van der Waals surface area contributed by atoms with E-state index in [1.807, 2.05) is 0 Å². The third-order valence-electron chi connectivity index (χ3n) is 19.5. The number of hydrogen-bond donors (Lipinski definition) is 7. The predicted octanol–water partition coefficient (Wildman–Crippen LogP) is 5.12. The standard InChI is InChI=1S/C25H33Cl2N5O7S.C24H32Cl2N4O7.C21H30Cl2N4O5S/c1-39-25(38)32-14-17(12-30-6-2-3-7-30)31(21(33)9-15-4-5-18(26)19(27)8-15)13-16(32)11-28-24(40)29-20(23(36)37)10-22(34)35;1-36-24(35)30-12-16(11-28-6-2-3-7-28)29(21(31)9-15-4-5-18(25)19(26)8-15)13-17(30)14-37-23(34)20(27)10-22(32)33;1-32-21(29)27-14-17(12-25-7-3-4-8-25)26(13-16(27)11-24-33(2,30)31)20(28)10-15-5-6-18(22)19(23)9-15/h4-5,8,16-17,20H,2-3,6-7,9-14H2,1H3,(H,34,35)(H,36,37)(H2,28,29,40);4-5,8,16-17,20H,2-3,6-7,9-14,27H2,1H3,(H,32,33);5-6,9,16-17,24H,3-4,7-8,10-14H2,1-2H3/t16-,17+,20-;16-,17-,20-;16-,17+/m010/s1. The lowest BCUT2D eigenvalue weighted by molar-refractivity contribution is -0.152. The maximum atomic E-state index is 13.6. The van der Waals surface area contributed by atoms with E-state index in [4.69, 9.17) is 117 Å². The van der Waals surface area contributed by atoms with Gasteiger partial charge in [-0.05, 0) is 143 Å². The molecule has 8 atom stereocenters. The molecule has 110 heavy (non-hydrogen) atoms. The molecule has 0 spiro atoms. The zero-order valence-electron chi connectivity index (χ0n) is 61.4. The molecule has 0 bridgehead atoms. The highest BCUT2D eigenvalue weighted by Gasteiger charge is 2.44. The number of nitrogens with two attached hydrogens (primary N) is 1. The van der Waals surface area contributed by atoms with Crippen LogP contribution in [0.3, 0.4) is 0 Å². The number of carbonyl (C=O) groups excluding carboxylic acids is 7. The van der Waals surface area contributed by atoms with Crippen LogP contribution in [0.15, 0.2) is 54.6 Å². The summed E-state index contributed by atoms with van der Waals surface area (Å²) in [7, 11) is 0.351. The van der Waals surface area contributed by atoms with Crippen molar-refractivity contribution in [3.05, 3.63) is 101 Å². The number of ether oxygens (including phenoxy) is 4. The Balaban J connectivity index is 0.000000230. The molecule has 6 fully saturated rings. The van der Waals surface area contributed by atoms with Crippen molar-refractivity contribution in [3.63, 3.8) is 0 Å². The van der Waals surface area contributed by atoms with Crippen LogP contribution >= 0.6 is 81.8 Å². The van der Waals surface area contributed by atoms with Crippen LogP contribution in [-0.4, -0.2) is 327 Å². The molecule has 0 saturated carbocycles. The largest absolute Gasteiger partial charge is 0.481 e. The number of piperazine rings is 3. The van der Waals surface area contributed by atoms with Crippen LogP contribution in [0.4, 0.5) is 14.4 Å². The van der Waals surface area contributed by atoms with Gasteiger partial charge >= 0.3 is 42.2 Å². The van der Waals surface area contributed by atoms with Crippen molar-refractivity contribution in [3.8, 4) is 0 Å². The third kappa shape index (κ3) is 27.7. The number of likely N-dealkylation sites (tertiary alicyclic amines) is 3. The number of aliphatic carboxylic acids is 3. The minimum Gasteiger partial charge on any atom is -0.481 e. The van der Waals surface area contributed by atoms with Crippen molar-refractivity contribution in [1.29, 1.82) is 0 Å². The van der Waals surface area contributed by atoms with Crippen molar-refractivity contribution in [2.75, 3.05) is 145 Å². The molecular formula is C70H95Cl6N13O19S2. The van der Waals surface area contributed by atoms with Gasteiger partial charge in [0, 0.05) is 72.0 Å². The number of esters is 1. The molecule has 0 aromatic heterocycles. The smallest absolute Gasteiger partial charge is 0.409 e. The Morgan fingerprint density at radius 3 is 1.14 bits per heavy atom. The molecule has 3 aromatic rings. The number of nitrogens with one attached hydrogen (secondary N) is 3. The van der Waals surface area contributed by atoms with Gasteiger partial charge in [0.15, 0.2) is 5.11 Å². The van der Waals surface area contributed by atoms with E-state index in [1.165, 1.54) is 36.0 Å². The first-order valence-electron chi connectivity index (χ1n) is 35.6. The SMILES string of the molecule is COC(=O)N1C[C@@H](CN2CCCC2)N(C(=O)Cc2ccc(Cl)c(Cl)c2)C[C@@H]1CNC(=S)N[C@@H](CC(=O)O)C(=O)O.COC(=O)N1C[C@@H](CN2CCCC2)N(C(=O)Cc2ccc(Cl)c(Cl)c2)C[C@@H]1CNS(C)(=O)=O.COC(=O)N1C[C@@H](CN2CCCC2)N(C(=O)Cc2ccc(Cl)c(Cl)c2)C[C@@H]1COC(=O)[C@H](N)CC(=O)O. The summed E-state index contributed by atoms with van der Waals surface area (Å²) >= 11 is 41.6. The van der Waals surface area contributed by atoms with E-state index < -0.39 is 95.2 Å². The van der Waals surface area contributed by atoms with Crippen LogP contribution in [0.5, 0.6) is 0 Å². The highest BCUT2D eigenvalue weighted by Crippen LogP contribution is 2.30. The van der Waals surface area contributed by atoms with Crippen molar-refractivity contribution in [2.24, 2.45) is 5.73 Å². The molecule has 0 aliphatic carbocycles. The van der Waals surface area contributed by atoms with E-state index in [0.717, 1.165) is 89.6 Å². The van der Waals surface area contributed by atoms with E-state index in [1.54, 1.807) is 69.3 Å². The summed E-state index contributed by atoms with van der Waals surface area (Å²) in [6, 6.07) is 9.67. The zero-order chi connectivity index (χ0) is 80.7. The number of amides is 6. The highest BCUT2D eigenvalue weighted by atomic mass is 35.5. The molecule has 40 heteroatoms. The second-order valence-corrected chi connectivity index (χ2v) is 32.2. The Kier molecular flexibility index (Phi) is 35.5. The molecule has 3 aromatic carbocycles. The second kappa shape index (κ2) is 43.3. The number of benzene rings is 3. The minimum absolute atomic E-state index is 0.0130. The average molecular weight is 1700 g/mol. The van der Waals surface area contributed by atoms with Crippen LogP contribution in [0, 0.1) is 0 Å². The van der Waals surface area contributed by atoms with Crippen molar-refractivity contribution >= 4 is 157 Å². The fraction of sp³-hybridized carbons (Fsp3) is 0.586. The molecule has 32 nitrogen and oxygen atoms in total. The number of thiocarbonyl (C=S) groups is 1. The quantitative estimate of drug-likeness (QED) is 0.0311.